The summed E-state index contributed by atoms with van der Waals surface area (Å²) in [6, 6.07) is 9.77. The first-order chi connectivity index (χ1) is 13.9. The molecular weight excluding hydrogens is 366 g/mol. The first-order valence-electron chi connectivity index (χ1n) is 10.2. The summed E-state index contributed by atoms with van der Waals surface area (Å²) in [5, 5.41) is 11.9. The van der Waals surface area contributed by atoms with E-state index in [1.54, 1.807) is 6.92 Å². The minimum absolute atomic E-state index is 0.107. The van der Waals surface area contributed by atoms with Gasteiger partial charge in [-0.25, -0.2) is 0 Å². The monoisotopic (exact) mass is 393 g/mol. The molecule has 4 rings (SSSR count). The van der Waals surface area contributed by atoms with Crippen molar-refractivity contribution in [1.29, 1.82) is 0 Å². The highest BCUT2D eigenvalue weighted by molar-refractivity contribution is 5.94. The maximum Gasteiger partial charge on any atom is 0.252 e. The van der Waals surface area contributed by atoms with Crippen LogP contribution >= 0.6 is 0 Å². The van der Waals surface area contributed by atoms with E-state index in [2.05, 4.69) is 26.6 Å². The Labute approximate surface area is 170 Å². The highest BCUT2D eigenvalue weighted by Crippen LogP contribution is 2.36. The lowest BCUT2D eigenvalue weighted by Gasteiger charge is -2.35. The predicted molar refractivity (Wildman–Crippen MR) is 109 cm³/mol. The Morgan fingerprint density at radius 3 is 2.62 bits per heavy atom. The summed E-state index contributed by atoms with van der Waals surface area (Å²) < 4.78 is 7.16. The number of carbonyl (C=O) groups is 1. The molecule has 29 heavy (non-hydrogen) atoms. The summed E-state index contributed by atoms with van der Waals surface area (Å²) in [7, 11) is 0. The Morgan fingerprint density at radius 1 is 1.17 bits per heavy atom. The first kappa shape index (κ1) is 19.4. The lowest BCUT2D eigenvalue weighted by Crippen LogP contribution is -2.48. The molecule has 152 valence electrons. The van der Waals surface area contributed by atoms with Gasteiger partial charge in [0.05, 0.1) is 12.2 Å². The van der Waals surface area contributed by atoms with Crippen LogP contribution in [-0.4, -0.2) is 25.8 Å². The van der Waals surface area contributed by atoms with Gasteiger partial charge in [-0.2, -0.15) is 10.1 Å². The van der Waals surface area contributed by atoms with Crippen molar-refractivity contribution in [2.24, 2.45) is 0 Å². The Balaban J connectivity index is 1.56. The zero-order chi connectivity index (χ0) is 20.4. The average Bonchev–Trinajstić information content (AvgIpc) is 3.28. The van der Waals surface area contributed by atoms with Gasteiger partial charge < -0.3 is 9.84 Å². The van der Waals surface area contributed by atoms with Crippen molar-refractivity contribution in [3.05, 3.63) is 64.6 Å². The molecule has 0 saturated heterocycles. The van der Waals surface area contributed by atoms with E-state index in [4.69, 9.17) is 4.52 Å². The van der Waals surface area contributed by atoms with E-state index in [0.717, 1.165) is 49.1 Å². The molecule has 1 saturated carbocycles. The second-order valence-corrected chi connectivity index (χ2v) is 8.02. The molecule has 1 aliphatic rings. The molecule has 3 aromatic rings. The Bertz CT molecular complexity index is 1010. The standard InChI is InChI=1S/C22H27N5O2/c1-15-12-16(2)27(25-15)14-18-8-7-9-19(13-18)20(28)24-22(10-5-4-6-11-22)21-23-17(3)29-26-21/h7-9,12-13H,4-6,10-11,14H2,1-3H3,(H,24,28). The van der Waals surface area contributed by atoms with E-state index in [9.17, 15) is 4.79 Å². The second-order valence-electron chi connectivity index (χ2n) is 8.02. The van der Waals surface area contributed by atoms with Gasteiger partial charge in [-0.1, -0.05) is 36.6 Å². The molecule has 0 radical (unpaired) electrons. The molecule has 0 atom stereocenters. The van der Waals surface area contributed by atoms with Gasteiger partial charge in [0.25, 0.3) is 5.91 Å². The summed E-state index contributed by atoms with van der Waals surface area (Å²) in [5.41, 5.74) is 3.21. The smallest absolute Gasteiger partial charge is 0.252 e. The van der Waals surface area contributed by atoms with Crippen LogP contribution in [0.3, 0.4) is 0 Å². The number of hydrogen-bond acceptors (Lipinski definition) is 5. The lowest BCUT2D eigenvalue weighted by atomic mass is 9.80. The molecule has 7 nitrogen and oxygen atoms in total. The number of hydrogen-bond donors (Lipinski definition) is 1. The largest absolute Gasteiger partial charge is 0.340 e. The van der Waals surface area contributed by atoms with E-state index in [0.29, 0.717) is 23.8 Å². The molecule has 0 spiro atoms. The number of rotatable bonds is 5. The summed E-state index contributed by atoms with van der Waals surface area (Å²) in [4.78, 5) is 17.6. The molecule has 0 aliphatic heterocycles. The summed E-state index contributed by atoms with van der Waals surface area (Å²) in [5.74, 6) is 0.998. The number of nitrogens with zero attached hydrogens (tertiary/aromatic N) is 4. The fraction of sp³-hybridized carbons (Fsp3) is 0.455. The molecule has 2 heterocycles. The van der Waals surface area contributed by atoms with Crippen LogP contribution < -0.4 is 5.32 Å². The second kappa shape index (κ2) is 7.81. The third-order valence-corrected chi connectivity index (χ3v) is 5.64. The fourth-order valence-electron chi connectivity index (χ4n) is 4.16. The zero-order valence-corrected chi connectivity index (χ0v) is 17.2. The molecule has 1 N–H and O–H groups in total. The van der Waals surface area contributed by atoms with Gasteiger partial charge in [0, 0.05) is 18.2 Å². The van der Waals surface area contributed by atoms with Crippen molar-refractivity contribution < 1.29 is 9.32 Å². The zero-order valence-electron chi connectivity index (χ0n) is 17.2. The van der Waals surface area contributed by atoms with Crippen molar-refractivity contribution in [2.75, 3.05) is 0 Å². The van der Waals surface area contributed by atoms with Crippen molar-refractivity contribution >= 4 is 5.91 Å². The molecule has 7 heteroatoms. The van der Waals surface area contributed by atoms with Crippen LogP contribution in [0.1, 0.15) is 71.1 Å². The molecule has 1 amide bonds. The van der Waals surface area contributed by atoms with E-state index in [1.165, 1.54) is 0 Å². The third kappa shape index (κ3) is 4.09. The molecule has 0 unspecified atom stereocenters. The van der Waals surface area contributed by atoms with Crippen LogP contribution in [0.2, 0.25) is 0 Å². The first-order valence-corrected chi connectivity index (χ1v) is 10.2. The number of aromatic nitrogens is 4. The van der Waals surface area contributed by atoms with Gasteiger partial charge >= 0.3 is 0 Å². The van der Waals surface area contributed by atoms with Gasteiger partial charge in [0.15, 0.2) is 5.82 Å². The summed E-state index contributed by atoms with van der Waals surface area (Å²) in [6.45, 7) is 6.43. The maximum atomic E-state index is 13.2. The van der Waals surface area contributed by atoms with E-state index in [-0.39, 0.29) is 5.91 Å². The molecule has 1 aliphatic carbocycles. The Morgan fingerprint density at radius 2 is 1.97 bits per heavy atom. The van der Waals surface area contributed by atoms with Crippen LogP contribution in [0.5, 0.6) is 0 Å². The van der Waals surface area contributed by atoms with E-state index in [1.807, 2.05) is 42.8 Å². The van der Waals surface area contributed by atoms with Crippen molar-refractivity contribution in [3.8, 4) is 0 Å². The third-order valence-electron chi connectivity index (χ3n) is 5.64. The summed E-state index contributed by atoms with van der Waals surface area (Å²) >= 11 is 0. The quantitative estimate of drug-likeness (QED) is 0.712. The van der Waals surface area contributed by atoms with Crippen LogP contribution in [0.15, 0.2) is 34.9 Å². The van der Waals surface area contributed by atoms with Gasteiger partial charge in [-0.15, -0.1) is 0 Å². The molecule has 1 fully saturated rings. The van der Waals surface area contributed by atoms with Crippen LogP contribution in [0, 0.1) is 20.8 Å². The van der Waals surface area contributed by atoms with E-state index < -0.39 is 5.54 Å². The van der Waals surface area contributed by atoms with Crippen molar-refractivity contribution in [2.45, 2.75) is 65.0 Å². The molecule has 1 aromatic carbocycles. The summed E-state index contributed by atoms with van der Waals surface area (Å²) in [6.07, 6.45) is 4.87. The average molecular weight is 393 g/mol. The fourth-order valence-corrected chi connectivity index (χ4v) is 4.16. The van der Waals surface area contributed by atoms with Gasteiger partial charge in [0.1, 0.15) is 5.54 Å². The van der Waals surface area contributed by atoms with Crippen LogP contribution in [-0.2, 0) is 12.1 Å². The number of carbonyl (C=O) groups excluding carboxylic acids is 1. The van der Waals surface area contributed by atoms with Gasteiger partial charge in [0.2, 0.25) is 5.89 Å². The SMILES string of the molecule is Cc1cc(C)n(Cc2cccc(C(=O)NC3(c4noc(C)n4)CCCCC3)c2)n1. The Kier molecular flexibility index (Phi) is 5.22. The highest BCUT2D eigenvalue weighted by Gasteiger charge is 2.39. The minimum atomic E-state index is -0.557. The maximum absolute atomic E-state index is 13.2. The minimum Gasteiger partial charge on any atom is -0.340 e. The van der Waals surface area contributed by atoms with Gasteiger partial charge in [-0.3, -0.25) is 9.48 Å². The number of nitrogens with one attached hydrogen (secondary N) is 1. The Hall–Kier alpha value is -2.96. The van der Waals surface area contributed by atoms with Crippen molar-refractivity contribution in [1.82, 2.24) is 25.2 Å². The number of aryl methyl sites for hydroxylation is 3. The normalized spacial score (nSPS) is 16.0. The topological polar surface area (TPSA) is 85.8 Å². The predicted octanol–water partition coefficient (Wildman–Crippen LogP) is 3.83. The molecular formula is C22H27N5O2. The van der Waals surface area contributed by atoms with Crippen LogP contribution in [0.4, 0.5) is 0 Å². The van der Waals surface area contributed by atoms with E-state index >= 15 is 0 Å². The molecule has 2 aromatic heterocycles. The van der Waals surface area contributed by atoms with Crippen molar-refractivity contribution in [3.63, 3.8) is 0 Å². The van der Waals surface area contributed by atoms with Gasteiger partial charge in [-0.05, 0) is 50.5 Å². The van der Waals surface area contributed by atoms with Crippen LogP contribution in [0.25, 0.3) is 0 Å². The number of benzene rings is 1. The number of amides is 1. The highest BCUT2D eigenvalue weighted by atomic mass is 16.5. The molecule has 0 bridgehead atoms. The lowest BCUT2D eigenvalue weighted by molar-refractivity contribution is 0.0855.